The zero-order valence-corrected chi connectivity index (χ0v) is 14.4. The Kier molecular flexibility index (Phi) is 5.15. The average molecular weight is 352 g/mol. The lowest BCUT2D eigenvalue weighted by Crippen LogP contribution is -2.22. The fraction of sp³-hybridized carbons (Fsp3) is 0.111. The molecule has 0 saturated heterocycles. The van der Waals surface area contributed by atoms with E-state index in [0.29, 0.717) is 18.1 Å². The molecule has 0 bridgehead atoms. The normalized spacial score (nSPS) is 10.9. The standard InChI is InChI=1S/C18H16N4O2S/c1-13-17(23)22(18(25)21-20-13)19-11-15-9-5-6-10-16(15)24-12-14-7-3-2-4-8-14/h2-11H,12H2,1H3,(H,21,25)/b19-11-. The van der Waals surface area contributed by atoms with Gasteiger partial charge in [-0.25, -0.2) is 0 Å². The highest BCUT2D eigenvalue weighted by Gasteiger charge is 2.04. The van der Waals surface area contributed by atoms with E-state index in [1.54, 1.807) is 13.1 Å². The van der Waals surface area contributed by atoms with E-state index in [1.165, 1.54) is 0 Å². The largest absolute Gasteiger partial charge is 0.488 e. The first kappa shape index (κ1) is 16.8. The molecule has 0 radical (unpaired) electrons. The molecule has 0 atom stereocenters. The first-order valence-corrected chi connectivity index (χ1v) is 8.04. The Morgan fingerprint density at radius 2 is 1.92 bits per heavy atom. The number of H-pyrrole nitrogens is 1. The van der Waals surface area contributed by atoms with Crippen LogP contribution >= 0.6 is 12.2 Å². The zero-order valence-electron chi connectivity index (χ0n) is 13.5. The van der Waals surface area contributed by atoms with Crippen LogP contribution in [0.1, 0.15) is 16.8 Å². The van der Waals surface area contributed by atoms with Crippen molar-refractivity contribution in [1.29, 1.82) is 0 Å². The molecule has 25 heavy (non-hydrogen) atoms. The minimum atomic E-state index is -0.359. The highest BCUT2D eigenvalue weighted by atomic mass is 32.1. The predicted molar refractivity (Wildman–Crippen MR) is 98.6 cm³/mol. The molecule has 7 heteroatoms. The van der Waals surface area contributed by atoms with Crippen LogP contribution in [0.3, 0.4) is 0 Å². The van der Waals surface area contributed by atoms with Crippen molar-refractivity contribution >= 4 is 18.4 Å². The second-order valence-electron chi connectivity index (χ2n) is 5.29. The highest BCUT2D eigenvalue weighted by molar-refractivity contribution is 7.71. The molecule has 0 spiro atoms. The van der Waals surface area contributed by atoms with E-state index >= 15 is 0 Å². The Morgan fingerprint density at radius 3 is 2.72 bits per heavy atom. The Morgan fingerprint density at radius 1 is 1.20 bits per heavy atom. The van der Waals surface area contributed by atoms with E-state index in [1.807, 2.05) is 54.6 Å². The van der Waals surface area contributed by atoms with Gasteiger partial charge >= 0.3 is 0 Å². The van der Waals surface area contributed by atoms with E-state index in [9.17, 15) is 4.79 Å². The van der Waals surface area contributed by atoms with Crippen LogP contribution in [-0.4, -0.2) is 21.1 Å². The molecule has 0 amide bonds. The van der Waals surface area contributed by atoms with Crippen molar-refractivity contribution in [3.8, 4) is 5.75 Å². The molecule has 3 aromatic rings. The Labute approximate surface area is 149 Å². The van der Waals surface area contributed by atoms with Gasteiger partial charge in [0.2, 0.25) is 4.77 Å². The third-order valence-corrected chi connectivity index (χ3v) is 3.75. The van der Waals surface area contributed by atoms with Crippen LogP contribution in [0.4, 0.5) is 0 Å². The molecule has 0 aliphatic carbocycles. The van der Waals surface area contributed by atoms with Gasteiger partial charge < -0.3 is 4.74 Å². The SMILES string of the molecule is Cc1n[nH]c(=S)n(/N=C\c2ccccc2OCc2ccccc2)c1=O. The molecule has 0 aliphatic rings. The lowest BCUT2D eigenvalue weighted by Gasteiger charge is -2.09. The number of aryl methyl sites for hydroxylation is 1. The van der Waals surface area contributed by atoms with E-state index in [2.05, 4.69) is 15.3 Å². The van der Waals surface area contributed by atoms with Crippen LogP contribution in [0.2, 0.25) is 0 Å². The van der Waals surface area contributed by atoms with E-state index in [-0.39, 0.29) is 10.3 Å². The highest BCUT2D eigenvalue weighted by Crippen LogP contribution is 2.17. The van der Waals surface area contributed by atoms with Gasteiger partial charge in [0.25, 0.3) is 5.56 Å². The Bertz CT molecular complexity index is 1010. The molecule has 0 saturated carbocycles. The number of nitrogens with zero attached hydrogens (tertiary/aromatic N) is 3. The minimum absolute atomic E-state index is 0.134. The summed E-state index contributed by atoms with van der Waals surface area (Å²) in [6, 6.07) is 17.3. The first-order valence-electron chi connectivity index (χ1n) is 7.63. The summed E-state index contributed by atoms with van der Waals surface area (Å²) in [5.41, 5.74) is 1.74. The second kappa shape index (κ2) is 7.67. The summed E-state index contributed by atoms with van der Waals surface area (Å²) in [6.07, 6.45) is 1.55. The molecule has 1 aromatic heterocycles. The van der Waals surface area contributed by atoms with Gasteiger partial charge in [-0.1, -0.05) is 42.5 Å². The Balaban J connectivity index is 1.85. The topological polar surface area (TPSA) is 72.3 Å². The maximum Gasteiger partial charge on any atom is 0.296 e. The molecule has 2 aromatic carbocycles. The fourth-order valence-electron chi connectivity index (χ4n) is 2.15. The maximum atomic E-state index is 12.1. The van der Waals surface area contributed by atoms with Crippen molar-refractivity contribution in [2.45, 2.75) is 13.5 Å². The van der Waals surface area contributed by atoms with Crippen molar-refractivity contribution in [2.75, 3.05) is 0 Å². The van der Waals surface area contributed by atoms with E-state index in [4.69, 9.17) is 17.0 Å². The number of ether oxygens (including phenoxy) is 1. The summed E-state index contributed by atoms with van der Waals surface area (Å²) >= 11 is 5.06. The number of aromatic amines is 1. The number of para-hydroxylation sites is 1. The van der Waals surface area contributed by atoms with Gasteiger partial charge in [-0.15, -0.1) is 0 Å². The molecular formula is C18H16N4O2S. The molecule has 1 N–H and O–H groups in total. The van der Waals surface area contributed by atoms with Gasteiger partial charge in [0.05, 0.1) is 6.21 Å². The van der Waals surface area contributed by atoms with Crippen LogP contribution in [0.15, 0.2) is 64.5 Å². The van der Waals surface area contributed by atoms with Crippen molar-refractivity contribution in [2.24, 2.45) is 5.10 Å². The summed E-state index contributed by atoms with van der Waals surface area (Å²) in [4.78, 5) is 12.1. The summed E-state index contributed by atoms with van der Waals surface area (Å²) in [5.74, 6) is 0.670. The Hall–Kier alpha value is -3.06. The monoisotopic (exact) mass is 352 g/mol. The number of hydrogen-bond donors (Lipinski definition) is 1. The van der Waals surface area contributed by atoms with Crippen LogP contribution in [0, 0.1) is 11.7 Å². The van der Waals surface area contributed by atoms with Gasteiger partial charge in [0, 0.05) is 5.56 Å². The molecule has 126 valence electrons. The quantitative estimate of drug-likeness (QED) is 0.566. The maximum absolute atomic E-state index is 12.1. The molecule has 3 rings (SSSR count). The first-order chi connectivity index (χ1) is 12.1. The zero-order chi connectivity index (χ0) is 17.6. The lowest BCUT2D eigenvalue weighted by molar-refractivity contribution is 0.306. The number of benzene rings is 2. The third kappa shape index (κ3) is 4.07. The van der Waals surface area contributed by atoms with Gasteiger partial charge in [-0.3, -0.25) is 9.89 Å². The molecule has 0 fully saturated rings. The van der Waals surface area contributed by atoms with Crippen molar-refractivity contribution in [3.05, 3.63) is 86.5 Å². The molecule has 0 unspecified atom stereocenters. The van der Waals surface area contributed by atoms with Gasteiger partial charge in [-0.2, -0.15) is 14.9 Å². The number of nitrogens with one attached hydrogen (secondary N) is 1. The van der Waals surface area contributed by atoms with E-state index < -0.39 is 0 Å². The molecule has 0 aliphatic heterocycles. The van der Waals surface area contributed by atoms with Gasteiger partial charge in [0.1, 0.15) is 18.1 Å². The van der Waals surface area contributed by atoms with Crippen molar-refractivity contribution in [1.82, 2.24) is 14.9 Å². The predicted octanol–water partition coefficient (Wildman–Crippen LogP) is 3.07. The summed E-state index contributed by atoms with van der Waals surface area (Å²) in [7, 11) is 0. The molecule has 1 heterocycles. The summed E-state index contributed by atoms with van der Waals surface area (Å²) < 4.78 is 7.11. The minimum Gasteiger partial charge on any atom is -0.488 e. The van der Waals surface area contributed by atoms with Crippen molar-refractivity contribution in [3.63, 3.8) is 0 Å². The summed E-state index contributed by atoms with van der Waals surface area (Å²) in [5, 5.41) is 10.6. The molecule has 6 nitrogen and oxygen atoms in total. The van der Waals surface area contributed by atoms with Crippen LogP contribution in [0.5, 0.6) is 5.75 Å². The number of aromatic nitrogens is 3. The molecular weight excluding hydrogens is 336 g/mol. The number of rotatable bonds is 5. The smallest absolute Gasteiger partial charge is 0.296 e. The second-order valence-corrected chi connectivity index (χ2v) is 5.67. The van der Waals surface area contributed by atoms with Crippen LogP contribution in [-0.2, 0) is 6.61 Å². The number of hydrogen-bond acceptors (Lipinski definition) is 5. The van der Waals surface area contributed by atoms with E-state index in [0.717, 1.165) is 15.8 Å². The van der Waals surface area contributed by atoms with Gasteiger partial charge in [0.15, 0.2) is 0 Å². The van der Waals surface area contributed by atoms with Crippen molar-refractivity contribution < 1.29 is 4.74 Å². The van der Waals surface area contributed by atoms with Gasteiger partial charge in [-0.05, 0) is 36.8 Å². The summed E-state index contributed by atoms with van der Waals surface area (Å²) in [6.45, 7) is 2.04. The average Bonchev–Trinajstić information content (AvgIpc) is 2.65. The third-order valence-electron chi connectivity index (χ3n) is 3.48. The van der Waals surface area contributed by atoms with Crippen LogP contribution < -0.4 is 10.3 Å². The van der Waals surface area contributed by atoms with Crippen LogP contribution in [0.25, 0.3) is 0 Å². The fourth-order valence-corrected chi connectivity index (χ4v) is 2.33. The lowest BCUT2D eigenvalue weighted by atomic mass is 10.2.